The standard InChI is InChI=1S/C15H26O6/c1-15(2)20-11(5-3-9-13(7-16)18-9)12(21-15)6-4-10-14(8-17)19-10/h9-14,16-17H,3-8H2,1-2H3/t9-,10-,11-,12-,13-,14-/m1/s1. The third-order valence-corrected chi connectivity index (χ3v) is 4.49. The molecule has 0 amide bonds. The molecular weight excluding hydrogens is 276 g/mol. The minimum Gasteiger partial charge on any atom is -0.394 e. The van der Waals surface area contributed by atoms with Crippen molar-refractivity contribution in [3.63, 3.8) is 0 Å². The topological polar surface area (TPSA) is 84.0 Å². The Morgan fingerprint density at radius 2 is 1.05 bits per heavy atom. The van der Waals surface area contributed by atoms with Crippen molar-refractivity contribution in [1.82, 2.24) is 0 Å². The third kappa shape index (κ3) is 3.94. The van der Waals surface area contributed by atoms with Crippen molar-refractivity contribution in [3.8, 4) is 0 Å². The van der Waals surface area contributed by atoms with E-state index in [4.69, 9.17) is 29.2 Å². The van der Waals surface area contributed by atoms with Crippen molar-refractivity contribution in [3.05, 3.63) is 0 Å². The fourth-order valence-corrected chi connectivity index (χ4v) is 3.24. The molecule has 0 spiro atoms. The molecule has 3 rings (SSSR count). The lowest BCUT2D eigenvalue weighted by Gasteiger charge is -2.16. The summed E-state index contributed by atoms with van der Waals surface area (Å²) in [6.45, 7) is 4.08. The summed E-state index contributed by atoms with van der Waals surface area (Å²) >= 11 is 0. The van der Waals surface area contributed by atoms with Crippen molar-refractivity contribution in [2.45, 2.75) is 81.9 Å². The van der Waals surface area contributed by atoms with Gasteiger partial charge in [0.25, 0.3) is 0 Å². The number of aliphatic hydroxyl groups is 2. The Hall–Kier alpha value is -0.240. The highest BCUT2D eigenvalue weighted by Gasteiger charge is 2.45. The second-order valence-corrected chi connectivity index (χ2v) is 6.66. The Morgan fingerprint density at radius 3 is 1.38 bits per heavy atom. The van der Waals surface area contributed by atoms with Gasteiger partial charge in [0.1, 0.15) is 12.2 Å². The van der Waals surface area contributed by atoms with E-state index in [9.17, 15) is 0 Å². The van der Waals surface area contributed by atoms with Gasteiger partial charge in [-0.3, -0.25) is 0 Å². The van der Waals surface area contributed by atoms with Crippen LogP contribution in [0.25, 0.3) is 0 Å². The molecule has 6 nitrogen and oxygen atoms in total. The van der Waals surface area contributed by atoms with E-state index >= 15 is 0 Å². The lowest BCUT2D eigenvalue weighted by Crippen LogP contribution is -2.24. The van der Waals surface area contributed by atoms with Crippen LogP contribution < -0.4 is 0 Å². The lowest BCUT2D eigenvalue weighted by atomic mass is 10.0. The third-order valence-electron chi connectivity index (χ3n) is 4.49. The van der Waals surface area contributed by atoms with E-state index in [-0.39, 0.29) is 49.8 Å². The van der Waals surface area contributed by atoms with E-state index in [2.05, 4.69) is 0 Å². The minimum absolute atomic E-state index is 0.0176. The molecule has 0 aromatic heterocycles. The van der Waals surface area contributed by atoms with E-state index < -0.39 is 5.79 Å². The molecule has 6 heteroatoms. The van der Waals surface area contributed by atoms with Gasteiger partial charge in [-0.1, -0.05) is 0 Å². The molecule has 6 atom stereocenters. The molecule has 0 unspecified atom stereocenters. The first-order valence-electron chi connectivity index (χ1n) is 7.90. The minimum atomic E-state index is -0.545. The smallest absolute Gasteiger partial charge is 0.163 e. The zero-order valence-corrected chi connectivity index (χ0v) is 12.7. The zero-order valence-electron chi connectivity index (χ0n) is 12.7. The summed E-state index contributed by atoms with van der Waals surface area (Å²) in [7, 11) is 0. The normalized spacial score (nSPS) is 44.0. The molecule has 3 aliphatic heterocycles. The van der Waals surface area contributed by atoms with Crippen molar-refractivity contribution in [2.24, 2.45) is 0 Å². The first-order valence-corrected chi connectivity index (χ1v) is 7.90. The van der Waals surface area contributed by atoms with Crippen molar-refractivity contribution in [1.29, 1.82) is 0 Å². The van der Waals surface area contributed by atoms with Gasteiger partial charge < -0.3 is 29.2 Å². The van der Waals surface area contributed by atoms with Crippen LogP contribution in [0.5, 0.6) is 0 Å². The number of aliphatic hydroxyl groups excluding tert-OH is 2. The van der Waals surface area contributed by atoms with Crippen molar-refractivity contribution >= 4 is 0 Å². The van der Waals surface area contributed by atoms with Crippen molar-refractivity contribution < 1.29 is 29.2 Å². The van der Waals surface area contributed by atoms with E-state index in [1.807, 2.05) is 13.8 Å². The fraction of sp³-hybridized carbons (Fsp3) is 1.00. The second-order valence-electron chi connectivity index (χ2n) is 6.66. The van der Waals surface area contributed by atoms with Gasteiger partial charge in [0.2, 0.25) is 0 Å². The Balaban J connectivity index is 1.43. The van der Waals surface area contributed by atoms with Crippen LogP contribution >= 0.6 is 0 Å². The van der Waals surface area contributed by atoms with Crippen molar-refractivity contribution in [2.75, 3.05) is 13.2 Å². The molecule has 3 saturated heterocycles. The van der Waals surface area contributed by atoms with Crippen LogP contribution in [0.1, 0.15) is 39.5 Å². The first-order chi connectivity index (χ1) is 10.0. The van der Waals surface area contributed by atoms with Crippen LogP contribution in [0.3, 0.4) is 0 Å². The Bertz CT molecular complexity index is 328. The highest BCUT2D eigenvalue weighted by Crippen LogP contribution is 2.37. The van der Waals surface area contributed by atoms with E-state index in [1.165, 1.54) is 0 Å². The van der Waals surface area contributed by atoms with Gasteiger partial charge in [-0.15, -0.1) is 0 Å². The fourth-order valence-electron chi connectivity index (χ4n) is 3.24. The molecule has 0 radical (unpaired) electrons. The van der Waals surface area contributed by atoms with Crippen LogP contribution in [-0.4, -0.2) is 65.8 Å². The highest BCUT2D eigenvalue weighted by atomic mass is 16.8. The number of hydrogen-bond donors (Lipinski definition) is 2. The second kappa shape index (κ2) is 6.10. The number of epoxide rings is 2. The average molecular weight is 302 g/mol. The number of ether oxygens (including phenoxy) is 4. The van der Waals surface area contributed by atoms with Gasteiger partial charge >= 0.3 is 0 Å². The summed E-state index contributed by atoms with van der Waals surface area (Å²) in [6, 6.07) is 0. The van der Waals surface area contributed by atoms with E-state index in [0.29, 0.717) is 0 Å². The molecule has 0 bridgehead atoms. The van der Waals surface area contributed by atoms with Crippen LogP contribution in [0.15, 0.2) is 0 Å². The molecule has 0 aromatic rings. The molecular formula is C15H26O6. The van der Waals surface area contributed by atoms with Gasteiger partial charge in [0.15, 0.2) is 5.79 Å². The Morgan fingerprint density at radius 1 is 0.667 bits per heavy atom. The van der Waals surface area contributed by atoms with E-state index in [1.54, 1.807) is 0 Å². The molecule has 3 heterocycles. The quantitative estimate of drug-likeness (QED) is 0.638. The van der Waals surface area contributed by atoms with Gasteiger partial charge in [-0.25, -0.2) is 0 Å². The molecule has 3 aliphatic rings. The van der Waals surface area contributed by atoms with Gasteiger partial charge in [0, 0.05) is 0 Å². The molecule has 122 valence electrons. The summed E-state index contributed by atoms with van der Waals surface area (Å²) in [5.41, 5.74) is 0. The molecule has 3 fully saturated rings. The summed E-state index contributed by atoms with van der Waals surface area (Å²) in [5.74, 6) is -0.545. The summed E-state index contributed by atoms with van der Waals surface area (Å²) < 4.78 is 22.7. The SMILES string of the molecule is CC1(C)O[C@H](CC[C@H]2O[C@@H]2CO)[C@@H](CC[C@H]2O[C@@H]2CO)O1. The van der Waals surface area contributed by atoms with Gasteiger partial charge in [-0.05, 0) is 39.5 Å². The van der Waals surface area contributed by atoms with Gasteiger partial charge in [-0.2, -0.15) is 0 Å². The molecule has 0 saturated carbocycles. The monoisotopic (exact) mass is 302 g/mol. The predicted octanol–water partition coefficient (Wildman–Crippen LogP) is 0.586. The maximum Gasteiger partial charge on any atom is 0.163 e. The average Bonchev–Trinajstić information content (AvgIpc) is 3.33. The predicted molar refractivity (Wildman–Crippen MR) is 73.8 cm³/mol. The number of rotatable bonds is 8. The Kier molecular flexibility index (Phi) is 4.55. The summed E-state index contributed by atoms with van der Waals surface area (Å²) in [4.78, 5) is 0. The highest BCUT2D eigenvalue weighted by molar-refractivity contribution is 4.90. The maximum atomic E-state index is 8.99. The molecule has 0 aromatic carbocycles. The zero-order chi connectivity index (χ0) is 15.0. The number of hydrogen-bond acceptors (Lipinski definition) is 6. The maximum absolute atomic E-state index is 8.99. The summed E-state index contributed by atoms with van der Waals surface area (Å²) in [5, 5.41) is 18.0. The van der Waals surface area contributed by atoms with Crippen LogP contribution in [0.4, 0.5) is 0 Å². The summed E-state index contributed by atoms with van der Waals surface area (Å²) in [6.07, 6.45) is 4.06. The van der Waals surface area contributed by atoms with Crippen LogP contribution in [0, 0.1) is 0 Å². The first kappa shape index (κ1) is 15.6. The lowest BCUT2D eigenvalue weighted by molar-refractivity contribution is -0.147. The van der Waals surface area contributed by atoms with E-state index in [0.717, 1.165) is 25.7 Å². The largest absolute Gasteiger partial charge is 0.394 e. The Labute approximate surface area is 125 Å². The molecule has 2 N–H and O–H groups in total. The van der Waals surface area contributed by atoms with Crippen LogP contribution in [0.2, 0.25) is 0 Å². The molecule has 0 aliphatic carbocycles. The van der Waals surface area contributed by atoms with Crippen LogP contribution in [-0.2, 0) is 18.9 Å². The van der Waals surface area contributed by atoms with Gasteiger partial charge in [0.05, 0.1) is 37.6 Å². The molecule has 21 heavy (non-hydrogen) atoms.